The summed E-state index contributed by atoms with van der Waals surface area (Å²) in [5.41, 5.74) is 4.22. The molecule has 0 aliphatic rings. The van der Waals surface area contributed by atoms with Gasteiger partial charge in [0.05, 0.1) is 13.7 Å². The van der Waals surface area contributed by atoms with Crippen LogP contribution in [0.1, 0.15) is 31.9 Å². The van der Waals surface area contributed by atoms with Crippen LogP contribution in [0, 0.1) is 0 Å². The Morgan fingerprint density at radius 2 is 1.31 bits per heavy atom. The summed E-state index contributed by atoms with van der Waals surface area (Å²) in [6.07, 6.45) is -4.84. The average molecular weight is 486 g/mol. The largest absolute Gasteiger partial charge is 0.573 e. The molecular weight excluding hydrogens is 459 g/mol. The molecule has 0 fully saturated rings. The summed E-state index contributed by atoms with van der Waals surface area (Å²) in [4.78, 5) is 25.7. The Hall–Kier alpha value is -3.81. The van der Waals surface area contributed by atoms with Crippen molar-refractivity contribution in [2.75, 3.05) is 12.0 Å². The van der Waals surface area contributed by atoms with Gasteiger partial charge in [-0.3, -0.25) is 9.69 Å². The summed E-state index contributed by atoms with van der Waals surface area (Å²) in [5, 5.41) is 0. The quantitative estimate of drug-likeness (QED) is 0.316. The normalized spacial score (nSPS) is 11.6. The van der Waals surface area contributed by atoms with E-state index in [9.17, 15) is 22.8 Å². The summed E-state index contributed by atoms with van der Waals surface area (Å²) in [5.74, 6) is -2.47. The van der Waals surface area contributed by atoms with E-state index in [0.717, 1.165) is 35.3 Å². The summed E-state index contributed by atoms with van der Waals surface area (Å²) < 4.78 is 45.8. The molecule has 0 saturated carbocycles. The molecule has 0 spiro atoms. The zero-order chi connectivity index (χ0) is 25.8. The fraction of sp³-hybridized carbons (Fsp3) is 0.259. The predicted molar refractivity (Wildman–Crippen MR) is 127 cm³/mol. The minimum Gasteiger partial charge on any atom is -0.462 e. The molecule has 0 heterocycles. The first-order valence-corrected chi connectivity index (χ1v) is 10.8. The number of alkyl halides is 3. The van der Waals surface area contributed by atoms with E-state index in [0.29, 0.717) is 5.56 Å². The van der Waals surface area contributed by atoms with Crippen LogP contribution in [0.2, 0.25) is 0 Å². The van der Waals surface area contributed by atoms with Gasteiger partial charge in [0.2, 0.25) is 0 Å². The molecule has 0 bridgehead atoms. The number of carbonyl (C=O) groups is 2. The lowest BCUT2D eigenvalue weighted by Crippen LogP contribution is -2.36. The number of hydrogen-bond acceptors (Lipinski definition) is 4. The number of esters is 1. The van der Waals surface area contributed by atoms with E-state index in [1.165, 1.54) is 17.7 Å². The number of amides is 1. The van der Waals surface area contributed by atoms with Crippen molar-refractivity contribution < 1.29 is 32.2 Å². The highest BCUT2D eigenvalue weighted by Gasteiger charge is 2.31. The zero-order valence-corrected chi connectivity index (χ0v) is 19.8. The van der Waals surface area contributed by atoms with Crippen molar-refractivity contribution in [2.24, 2.45) is 0 Å². The summed E-state index contributed by atoms with van der Waals surface area (Å²) >= 11 is 0. The standard InChI is InChI=1S/C27H26F3NO4/c1-26(2,3)21-11-9-20(10-12-21)19-7-5-18(6-8-19)17-31(24(32)25(33)34-4)22-13-15-23(16-14-22)35-27(28,29)30/h5-16H,17H2,1-4H3. The van der Waals surface area contributed by atoms with Crippen molar-refractivity contribution in [3.8, 4) is 16.9 Å². The number of ether oxygens (including phenoxy) is 2. The second kappa shape index (κ2) is 10.2. The number of benzene rings is 3. The Bertz CT molecular complexity index is 1160. The highest BCUT2D eigenvalue weighted by Crippen LogP contribution is 2.28. The van der Waals surface area contributed by atoms with Gasteiger partial charge in [-0.1, -0.05) is 69.3 Å². The number of nitrogens with zero attached hydrogens (tertiary/aromatic N) is 1. The molecular formula is C27H26F3NO4. The third kappa shape index (κ3) is 6.85. The summed E-state index contributed by atoms with van der Waals surface area (Å²) in [6.45, 7) is 6.45. The highest BCUT2D eigenvalue weighted by molar-refractivity contribution is 6.38. The molecule has 0 unspecified atom stereocenters. The van der Waals surface area contributed by atoms with Gasteiger partial charge in [0.15, 0.2) is 0 Å². The lowest BCUT2D eigenvalue weighted by atomic mass is 9.86. The number of methoxy groups -OCH3 is 1. The van der Waals surface area contributed by atoms with Gasteiger partial charge in [0.25, 0.3) is 0 Å². The number of anilines is 1. The van der Waals surface area contributed by atoms with Crippen molar-refractivity contribution in [3.63, 3.8) is 0 Å². The fourth-order valence-electron chi connectivity index (χ4n) is 3.45. The van der Waals surface area contributed by atoms with Gasteiger partial charge in [-0.05, 0) is 51.9 Å². The van der Waals surface area contributed by atoms with Gasteiger partial charge in [-0.2, -0.15) is 0 Å². The molecule has 0 aliphatic carbocycles. The van der Waals surface area contributed by atoms with E-state index >= 15 is 0 Å². The van der Waals surface area contributed by atoms with Crippen LogP contribution in [0.3, 0.4) is 0 Å². The van der Waals surface area contributed by atoms with Gasteiger partial charge in [-0.15, -0.1) is 13.2 Å². The Morgan fingerprint density at radius 3 is 1.77 bits per heavy atom. The smallest absolute Gasteiger partial charge is 0.462 e. The van der Waals surface area contributed by atoms with E-state index in [2.05, 4.69) is 42.4 Å². The zero-order valence-electron chi connectivity index (χ0n) is 19.8. The van der Waals surface area contributed by atoms with Crippen LogP contribution < -0.4 is 9.64 Å². The minimum absolute atomic E-state index is 0.0106. The van der Waals surface area contributed by atoms with Crippen molar-refractivity contribution in [2.45, 2.75) is 39.1 Å². The molecule has 5 nitrogen and oxygen atoms in total. The maximum atomic E-state index is 12.6. The van der Waals surface area contributed by atoms with Crippen molar-refractivity contribution in [1.82, 2.24) is 0 Å². The van der Waals surface area contributed by atoms with Crippen LogP contribution in [-0.4, -0.2) is 25.3 Å². The van der Waals surface area contributed by atoms with Gasteiger partial charge < -0.3 is 9.47 Å². The number of carbonyl (C=O) groups excluding carboxylic acids is 2. The monoisotopic (exact) mass is 485 g/mol. The average Bonchev–Trinajstić information content (AvgIpc) is 2.81. The Kier molecular flexibility index (Phi) is 7.53. The maximum absolute atomic E-state index is 12.6. The van der Waals surface area contributed by atoms with Crippen LogP contribution in [0.15, 0.2) is 72.8 Å². The first kappa shape index (κ1) is 25.8. The first-order chi connectivity index (χ1) is 16.4. The number of rotatable bonds is 5. The second-order valence-electron chi connectivity index (χ2n) is 8.95. The lowest BCUT2D eigenvalue weighted by molar-refractivity contribution is -0.274. The predicted octanol–water partition coefficient (Wildman–Crippen LogP) is 6.26. The molecule has 3 rings (SSSR count). The first-order valence-electron chi connectivity index (χ1n) is 10.8. The van der Waals surface area contributed by atoms with Crippen molar-refractivity contribution >= 4 is 17.6 Å². The second-order valence-corrected chi connectivity index (χ2v) is 8.95. The Labute approximate surface area is 202 Å². The Balaban J connectivity index is 1.82. The van der Waals surface area contributed by atoms with Gasteiger partial charge in [0.1, 0.15) is 5.75 Å². The van der Waals surface area contributed by atoms with E-state index in [1.54, 1.807) is 0 Å². The molecule has 0 radical (unpaired) electrons. The molecule has 0 N–H and O–H groups in total. The molecule has 0 aromatic heterocycles. The summed E-state index contributed by atoms with van der Waals surface area (Å²) in [6, 6.07) is 20.4. The van der Waals surface area contributed by atoms with Gasteiger partial charge in [-0.25, -0.2) is 4.79 Å². The maximum Gasteiger partial charge on any atom is 0.573 e. The molecule has 8 heteroatoms. The molecule has 0 atom stereocenters. The van der Waals surface area contributed by atoms with Gasteiger partial charge >= 0.3 is 18.2 Å². The molecule has 1 amide bonds. The van der Waals surface area contributed by atoms with Crippen LogP contribution >= 0.6 is 0 Å². The van der Waals surface area contributed by atoms with E-state index in [4.69, 9.17) is 0 Å². The van der Waals surface area contributed by atoms with Crippen LogP contribution in [0.25, 0.3) is 11.1 Å². The number of halogens is 3. The van der Waals surface area contributed by atoms with Gasteiger partial charge in [0, 0.05) is 5.69 Å². The molecule has 184 valence electrons. The molecule has 35 heavy (non-hydrogen) atoms. The van der Waals surface area contributed by atoms with E-state index in [1.807, 2.05) is 36.4 Å². The SMILES string of the molecule is COC(=O)C(=O)N(Cc1ccc(-c2ccc(C(C)(C)C)cc2)cc1)c1ccc(OC(F)(F)F)cc1. The van der Waals surface area contributed by atoms with E-state index in [-0.39, 0.29) is 17.6 Å². The van der Waals surface area contributed by atoms with Crippen molar-refractivity contribution in [3.05, 3.63) is 83.9 Å². The van der Waals surface area contributed by atoms with Crippen LogP contribution in [-0.2, 0) is 26.3 Å². The van der Waals surface area contributed by atoms with Crippen molar-refractivity contribution in [1.29, 1.82) is 0 Å². The van der Waals surface area contributed by atoms with Crippen LogP contribution in [0.4, 0.5) is 18.9 Å². The molecule has 3 aromatic rings. The number of hydrogen-bond donors (Lipinski definition) is 0. The highest BCUT2D eigenvalue weighted by atomic mass is 19.4. The summed E-state index contributed by atoms with van der Waals surface area (Å²) in [7, 11) is 1.08. The third-order valence-corrected chi connectivity index (χ3v) is 5.37. The Morgan fingerprint density at radius 1 is 0.800 bits per heavy atom. The third-order valence-electron chi connectivity index (χ3n) is 5.37. The molecule has 0 aliphatic heterocycles. The molecule has 3 aromatic carbocycles. The lowest BCUT2D eigenvalue weighted by Gasteiger charge is -2.22. The topological polar surface area (TPSA) is 55.8 Å². The minimum atomic E-state index is -4.84. The molecule has 0 saturated heterocycles. The van der Waals surface area contributed by atoms with E-state index < -0.39 is 24.0 Å². The fourth-order valence-corrected chi connectivity index (χ4v) is 3.45. The van der Waals surface area contributed by atoms with Crippen LogP contribution in [0.5, 0.6) is 5.75 Å².